The summed E-state index contributed by atoms with van der Waals surface area (Å²) in [4.78, 5) is 14.7. The van der Waals surface area contributed by atoms with Crippen LogP contribution in [0.25, 0.3) is 0 Å². The molecule has 0 spiro atoms. The fourth-order valence-corrected chi connectivity index (χ4v) is 5.16. The molecular formula is C18H28ClN3O3S. The van der Waals surface area contributed by atoms with E-state index in [2.05, 4.69) is 0 Å². The van der Waals surface area contributed by atoms with Gasteiger partial charge in [0, 0.05) is 37.8 Å². The molecule has 0 saturated carbocycles. The molecule has 1 amide bonds. The van der Waals surface area contributed by atoms with E-state index >= 15 is 0 Å². The van der Waals surface area contributed by atoms with Crippen LogP contribution in [0.3, 0.4) is 0 Å². The lowest BCUT2D eigenvalue weighted by atomic mass is 10.1. The molecule has 0 aromatic heterocycles. The number of benzene rings is 1. The van der Waals surface area contributed by atoms with E-state index in [4.69, 9.17) is 5.73 Å². The van der Waals surface area contributed by atoms with Gasteiger partial charge in [0.25, 0.3) is 5.91 Å². The Hall–Kier alpha value is -1.15. The summed E-state index contributed by atoms with van der Waals surface area (Å²) in [6.45, 7) is 2.32. The van der Waals surface area contributed by atoms with Gasteiger partial charge in [-0.15, -0.1) is 12.4 Å². The molecule has 1 aromatic rings. The highest BCUT2D eigenvalue weighted by Gasteiger charge is 2.27. The standard InChI is InChI=1S/C18H27N3O3S.ClH/c19-16-8-6-10-20(14-16)18(22)15-7-5-9-17(13-15)25(23,24)21-11-3-1-2-4-12-21;/h5,7,9,13,16H,1-4,6,8,10-12,14,19H2;1H. The molecule has 8 heteroatoms. The lowest BCUT2D eigenvalue weighted by molar-refractivity contribution is 0.0708. The number of sulfonamides is 1. The Balaban J connectivity index is 0.00000243. The molecule has 1 aromatic carbocycles. The van der Waals surface area contributed by atoms with E-state index in [0.29, 0.717) is 31.7 Å². The Morgan fingerprint density at radius 1 is 1.04 bits per heavy atom. The Kier molecular flexibility index (Phi) is 7.46. The molecule has 2 aliphatic rings. The average molecular weight is 402 g/mol. The van der Waals surface area contributed by atoms with Crippen LogP contribution in [0.2, 0.25) is 0 Å². The zero-order valence-corrected chi connectivity index (χ0v) is 16.6. The third-order valence-corrected chi connectivity index (χ3v) is 6.92. The van der Waals surface area contributed by atoms with Crippen molar-refractivity contribution in [3.8, 4) is 0 Å². The fraction of sp³-hybridized carbons (Fsp3) is 0.611. The van der Waals surface area contributed by atoms with Crippen molar-refractivity contribution in [3.63, 3.8) is 0 Å². The van der Waals surface area contributed by atoms with Crippen LogP contribution in [0.1, 0.15) is 48.9 Å². The molecule has 0 aliphatic carbocycles. The molecule has 6 nitrogen and oxygen atoms in total. The van der Waals surface area contributed by atoms with Gasteiger partial charge in [0.1, 0.15) is 0 Å². The van der Waals surface area contributed by atoms with Gasteiger partial charge in [-0.2, -0.15) is 4.31 Å². The van der Waals surface area contributed by atoms with Crippen molar-refractivity contribution < 1.29 is 13.2 Å². The van der Waals surface area contributed by atoms with Crippen molar-refractivity contribution in [2.75, 3.05) is 26.2 Å². The molecule has 2 N–H and O–H groups in total. The first-order chi connectivity index (χ1) is 12.0. The zero-order valence-electron chi connectivity index (χ0n) is 15.0. The van der Waals surface area contributed by atoms with Gasteiger partial charge >= 0.3 is 0 Å². The average Bonchev–Trinajstić information content (AvgIpc) is 2.91. The molecule has 146 valence electrons. The molecule has 3 rings (SSSR count). The van der Waals surface area contributed by atoms with E-state index in [1.165, 1.54) is 6.07 Å². The summed E-state index contributed by atoms with van der Waals surface area (Å²) >= 11 is 0. The number of halogens is 1. The largest absolute Gasteiger partial charge is 0.337 e. The molecule has 26 heavy (non-hydrogen) atoms. The number of hydrogen-bond donors (Lipinski definition) is 1. The normalized spacial score (nSPS) is 22.3. The molecule has 2 heterocycles. The Morgan fingerprint density at radius 2 is 1.73 bits per heavy atom. The predicted molar refractivity (Wildman–Crippen MR) is 104 cm³/mol. The van der Waals surface area contributed by atoms with Crippen molar-refractivity contribution in [1.82, 2.24) is 9.21 Å². The van der Waals surface area contributed by atoms with E-state index < -0.39 is 10.0 Å². The first-order valence-electron chi connectivity index (χ1n) is 9.13. The quantitative estimate of drug-likeness (QED) is 0.841. The number of amides is 1. The van der Waals surface area contributed by atoms with Crippen LogP contribution in [-0.2, 0) is 10.0 Å². The van der Waals surface area contributed by atoms with E-state index in [1.54, 1.807) is 27.4 Å². The second-order valence-electron chi connectivity index (χ2n) is 7.00. The third-order valence-electron chi connectivity index (χ3n) is 5.03. The maximum Gasteiger partial charge on any atom is 0.253 e. The lowest BCUT2D eigenvalue weighted by Crippen LogP contribution is -2.45. The van der Waals surface area contributed by atoms with Crippen LogP contribution in [0.5, 0.6) is 0 Å². The van der Waals surface area contributed by atoms with Gasteiger partial charge in [-0.25, -0.2) is 8.42 Å². The fourth-order valence-electron chi connectivity index (χ4n) is 3.60. The highest BCUT2D eigenvalue weighted by molar-refractivity contribution is 7.89. The first kappa shape index (κ1) is 21.2. The summed E-state index contributed by atoms with van der Waals surface area (Å²) in [5.74, 6) is -0.136. The molecular weight excluding hydrogens is 374 g/mol. The summed E-state index contributed by atoms with van der Waals surface area (Å²) in [7, 11) is -3.54. The molecule has 2 aliphatic heterocycles. The number of carbonyl (C=O) groups excluding carboxylic acids is 1. The summed E-state index contributed by atoms with van der Waals surface area (Å²) in [5.41, 5.74) is 6.38. The van der Waals surface area contributed by atoms with Gasteiger partial charge in [0.15, 0.2) is 0 Å². The highest BCUT2D eigenvalue weighted by Crippen LogP contribution is 2.22. The Labute approximate surface area is 162 Å². The Morgan fingerprint density at radius 3 is 2.38 bits per heavy atom. The number of likely N-dealkylation sites (tertiary alicyclic amines) is 1. The maximum atomic E-state index is 12.9. The molecule has 1 unspecified atom stereocenters. The number of hydrogen-bond acceptors (Lipinski definition) is 4. The van der Waals surface area contributed by atoms with E-state index in [-0.39, 0.29) is 29.3 Å². The van der Waals surface area contributed by atoms with Crippen LogP contribution < -0.4 is 5.73 Å². The lowest BCUT2D eigenvalue weighted by Gasteiger charge is -2.31. The van der Waals surface area contributed by atoms with E-state index in [0.717, 1.165) is 38.5 Å². The van der Waals surface area contributed by atoms with Crippen molar-refractivity contribution in [1.29, 1.82) is 0 Å². The summed E-state index contributed by atoms with van der Waals surface area (Å²) in [5, 5.41) is 0. The van der Waals surface area contributed by atoms with Crippen molar-refractivity contribution in [3.05, 3.63) is 29.8 Å². The summed E-state index contributed by atoms with van der Waals surface area (Å²) in [6, 6.07) is 6.44. The smallest absolute Gasteiger partial charge is 0.253 e. The van der Waals surface area contributed by atoms with Crippen LogP contribution in [0.15, 0.2) is 29.2 Å². The number of nitrogens with two attached hydrogens (primary N) is 1. The van der Waals surface area contributed by atoms with Crippen molar-refractivity contribution >= 4 is 28.3 Å². The number of piperidine rings is 1. The minimum absolute atomic E-state index is 0. The zero-order chi connectivity index (χ0) is 17.9. The van der Waals surface area contributed by atoms with Gasteiger partial charge < -0.3 is 10.6 Å². The summed E-state index contributed by atoms with van der Waals surface area (Å²) in [6.07, 6.45) is 5.73. The molecule has 1 atom stereocenters. The Bertz CT molecular complexity index is 718. The highest BCUT2D eigenvalue weighted by atomic mass is 35.5. The number of carbonyl (C=O) groups is 1. The van der Waals surface area contributed by atoms with Crippen molar-refractivity contribution in [2.45, 2.75) is 49.5 Å². The summed E-state index contributed by atoms with van der Waals surface area (Å²) < 4.78 is 27.4. The monoisotopic (exact) mass is 401 g/mol. The van der Waals surface area contributed by atoms with Crippen molar-refractivity contribution in [2.24, 2.45) is 5.73 Å². The number of nitrogens with zero attached hydrogens (tertiary/aromatic N) is 2. The van der Waals surface area contributed by atoms with Gasteiger partial charge in [-0.3, -0.25) is 4.79 Å². The SMILES string of the molecule is Cl.NC1CCCN(C(=O)c2cccc(S(=O)(=O)N3CCCCCC3)c2)C1. The molecule has 0 radical (unpaired) electrons. The molecule has 2 saturated heterocycles. The third kappa shape index (κ3) is 4.76. The maximum absolute atomic E-state index is 12.9. The first-order valence-corrected chi connectivity index (χ1v) is 10.6. The molecule has 2 fully saturated rings. The molecule has 0 bridgehead atoms. The van der Waals surface area contributed by atoms with Crippen LogP contribution >= 0.6 is 12.4 Å². The van der Waals surface area contributed by atoms with Gasteiger partial charge in [-0.1, -0.05) is 18.9 Å². The predicted octanol–water partition coefficient (Wildman–Crippen LogP) is 2.24. The minimum atomic E-state index is -3.54. The number of rotatable bonds is 3. The van der Waals surface area contributed by atoms with Crippen LogP contribution in [0.4, 0.5) is 0 Å². The topological polar surface area (TPSA) is 83.7 Å². The van der Waals surface area contributed by atoms with Crippen LogP contribution in [0, 0.1) is 0 Å². The van der Waals surface area contributed by atoms with E-state index in [1.807, 2.05) is 0 Å². The van der Waals surface area contributed by atoms with Gasteiger partial charge in [-0.05, 0) is 43.9 Å². The van der Waals surface area contributed by atoms with Gasteiger partial charge in [0.2, 0.25) is 10.0 Å². The van der Waals surface area contributed by atoms with Crippen LogP contribution in [-0.4, -0.2) is 55.8 Å². The second-order valence-corrected chi connectivity index (χ2v) is 8.94. The second kappa shape index (κ2) is 9.17. The van der Waals surface area contributed by atoms with Gasteiger partial charge in [0.05, 0.1) is 4.90 Å². The van der Waals surface area contributed by atoms with E-state index in [9.17, 15) is 13.2 Å². The minimum Gasteiger partial charge on any atom is -0.337 e.